The molecule has 0 saturated carbocycles. The zero-order valence-corrected chi connectivity index (χ0v) is 9.32. The highest BCUT2D eigenvalue weighted by Gasteiger charge is 1.98. The second kappa shape index (κ2) is 8.05. The maximum atomic E-state index is 5.70. The molecule has 6 nitrogen and oxygen atoms in total. The van der Waals surface area contributed by atoms with E-state index in [1.165, 1.54) is 0 Å². The fourth-order valence-electron chi connectivity index (χ4n) is 1.18. The number of nitrogens with two attached hydrogens (primary N) is 4. The first kappa shape index (κ1) is 13.7. The zero-order valence-electron chi connectivity index (χ0n) is 9.32. The minimum atomic E-state index is -0.182. The molecule has 0 aliphatic rings. The molecule has 0 aliphatic carbocycles. The highest BCUT2D eigenvalue weighted by Crippen LogP contribution is 2.03. The predicted molar refractivity (Wildman–Crippen MR) is 64.4 cm³/mol. The molecule has 0 heterocycles. The minimum Gasteiger partial charge on any atom is -0.388 e. The molecule has 0 rings (SSSR count). The van der Waals surface area contributed by atoms with E-state index in [1.807, 2.05) is 0 Å². The summed E-state index contributed by atoms with van der Waals surface area (Å²) in [5.74, 6) is 0.679. The van der Waals surface area contributed by atoms with Gasteiger partial charge in [-0.25, -0.2) is 0 Å². The first-order chi connectivity index (χ1) is 7.02. The number of aliphatic imine (C=N–C) groups is 2. The summed E-state index contributed by atoms with van der Waals surface area (Å²) in [5, 5.41) is 0. The van der Waals surface area contributed by atoms with E-state index < -0.39 is 0 Å². The van der Waals surface area contributed by atoms with Crippen LogP contribution in [0.1, 0.15) is 32.6 Å². The number of guanidine groups is 1. The van der Waals surface area contributed by atoms with Gasteiger partial charge in [0.15, 0.2) is 5.96 Å². The van der Waals surface area contributed by atoms with Crippen molar-refractivity contribution >= 4 is 11.8 Å². The summed E-state index contributed by atoms with van der Waals surface area (Å²) in [6.07, 6.45) is 3.69. The lowest BCUT2D eigenvalue weighted by Crippen LogP contribution is -2.23. The van der Waals surface area contributed by atoms with Crippen LogP contribution in [0.4, 0.5) is 0 Å². The predicted octanol–water partition coefficient (Wildman–Crippen LogP) is -0.518. The second-order valence-electron chi connectivity index (χ2n) is 3.49. The van der Waals surface area contributed by atoms with Crippen molar-refractivity contribution < 1.29 is 0 Å². The van der Waals surface area contributed by atoms with Crippen LogP contribution in [-0.2, 0) is 0 Å². The molecule has 0 amide bonds. The third-order valence-corrected chi connectivity index (χ3v) is 1.82. The largest absolute Gasteiger partial charge is 0.388 e. The number of nitrogens with zero attached hydrogens (tertiary/aromatic N) is 2. The Hall–Kier alpha value is -1.30. The quantitative estimate of drug-likeness (QED) is 0.258. The molecule has 0 saturated heterocycles. The van der Waals surface area contributed by atoms with Crippen molar-refractivity contribution in [3.05, 3.63) is 0 Å². The van der Waals surface area contributed by atoms with Crippen molar-refractivity contribution in [3.63, 3.8) is 0 Å². The molecule has 0 spiro atoms. The SMILES string of the molecule is CC(N)=NC(N)CCCCCN=C(N)N. The molecule has 0 aliphatic heterocycles. The van der Waals surface area contributed by atoms with Crippen molar-refractivity contribution in [2.24, 2.45) is 32.9 Å². The number of amidine groups is 1. The van der Waals surface area contributed by atoms with Crippen LogP contribution in [-0.4, -0.2) is 24.5 Å². The molecule has 1 atom stereocenters. The second-order valence-corrected chi connectivity index (χ2v) is 3.49. The lowest BCUT2D eigenvalue weighted by atomic mass is 10.1. The van der Waals surface area contributed by atoms with E-state index in [0.29, 0.717) is 12.4 Å². The van der Waals surface area contributed by atoms with Crippen LogP contribution in [0.5, 0.6) is 0 Å². The Kier molecular flexibility index (Phi) is 7.35. The van der Waals surface area contributed by atoms with E-state index in [1.54, 1.807) is 6.92 Å². The summed E-state index contributed by atoms with van der Waals surface area (Å²) >= 11 is 0. The lowest BCUT2D eigenvalue weighted by molar-refractivity contribution is 0.569. The van der Waals surface area contributed by atoms with Crippen LogP contribution in [0, 0.1) is 0 Å². The van der Waals surface area contributed by atoms with Gasteiger partial charge >= 0.3 is 0 Å². The Morgan fingerprint density at radius 3 is 2.33 bits per heavy atom. The summed E-state index contributed by atoms with van der Waals surface area (Å²) in [4.78, 5) is 7.91. The van der Waals surface area contributed by atoms with E-state index in [-0.39, 0.29) is 12.1 Å². The fourth-order valence-corrected chi connectivity index (χ4v) is 1.18. The van der Waals surface area contributed by atoms with Gasteiger partial charge in [-0.2, -0.15) is 0 Å². The van der Waals surface area contributed by atoms with Gasteiger partial charge in [-0.1, -0.05) is 6.42 Å². The van der Waals surface area contributed by atoms with E-state index in [9.17, 15) is 0 Å². The van der Waals surface area contributed by atoms with Crippen molar-refractivity contribution in [1.82, 2.24) is 0 Å². The summed E-state index contributed by atoms with van der Waals surface area (Å²) in [7, 11) is 0. The molecule has 0 bridgehead atoms. The van der Waals surface area contributed by atoms with Gasteiger partial charge in [0.2, 0.25) is 0 Å². The van der Waals surface area contributed by atoms with Crippen molar-refractivity contribution in [2.45, 2.75) is 38.8 Å². The van der Waals surface area contributed by atoms with Gasteiger partial charge in [0.25, 0.3) is 0 Å². The van der Waals surface area contributed by atoms with Gasteiger partial charge in [0.05, 0.1) is 12.0 Å². The molecule has 6 heteroatoms. The van der Waals surface area contributed by atoms with Crippen LogP contribution in [0.25, 0.3) is 0 Å². The van der Waals surface area contributed by atoms with Crippen LogP contribution >= 0.6 is 0 Å². The molecule has 0 aromatic heterocycles. The Balaban J connectivity index is 3.39. The van der Waals surface area contributed by atoms with E-state index in [0.717, 1.165) is 25.7 Å². The summed E-state index contributed by atoms with van der Waals surface area (Å²) in [6, 6.07) is 0. The van der Waals surface area contributed by atoms with Crippen LogP contribution in [0.15, 0.2) is 9.98 Å². The molecule has 0 aromatic rings. The third-order valence-electron chi connectivity index (χ3n) is 1.82. The molecule has 0 aromatic carbocycles. The maximum absolute atomic E-state index is 5.70. The van der Waals surface area contributed by atoms with E-state index >= 15 is 0 Å². The van der Waals surface area contributed by atoms with Crippen LogP contribution < -0.4 is 22.9 Å². The summed E-state index contributed by atoms with van der Waals surface area (Å²) in [6.45, 7) is 2.41. The first-order valence-electron chi connectivity index (χ1n) is 5.13. The van der Waals surface area contributed by atoms with Crippen LogP contribution in [0.3, 0.4) is 0 Å². The molecular weight excluding hydrogens is 192 g/mol. The van der Waals surface area contributed by atoms with Crippen molar-refractivity contribution in [3.8, 4) is 0 Å². The molecule has 0 fully saturated rings. The van der Waals surface area contributed by atoms with Crippen LogP contribution in [0.2, 0.25) is 0 Å². The van der Waals surface area contributed by atoms with Gasteiger partial charge in [0.1, 0.15) is 0 Å². The average Bonchev–Trinajstić information content (AvgIpc) is 2.09. The fraction of sp³-hybridized carbons (Fsp3) is 0.778. The molecule has 88 valence electrons. The standard InChI is InChI=1S/C9H22N6/c1-7(10)15-8(11)5-3-2-4-6-14-9(12)13/h8H,2-6,11H2,1H3,(H2,10,15)(H4,12,13,14). The lowest BCUT2D eigenvalue weighted by Gasteiger charge is -2.06. The number of hydrogen-bond acceptors (Lipinski definition) is 3. The first-order valence-corrected chi connectivity index (χ1v) is 5.13. The monoisotopic (exact) mass is 214 g/mol. The molecule has 0 radical (unpaired) electrons. The highest BCUT2D eigenvalue weighted by atomic mass is 15.0. The molecule has 8 N–H and O–H groups in total. The smallest absolute Gasteiger partial charge is 0.185 e. The Bertz CT molecular complexity index is 215. The van der Waals surface area contributed by atoms with Gasteiger partial charge in [-0.05, 0) is 26.2 Å². The van der Waals surface area contributed by atoms with Gasteiger partial charge in [-0.15, -0.1) is 0 Å². The summed E-state index contributed by atoms with van der Waals surface area (Å²) < 4.78 is 0. The third kappa shape index (κ3) is 10.6. The minimum absolute atomic E-state index is 0.148. The van der Waals surface area contributed by atoms with E-state index in [2.05, 4.69) is 9.98 Å². The molecule has 1 unspecified atom stereocenters. The average molecular weight is 214 g/mol. The van der Waals surface area contributed by atoms with Gasteiger partial charge in [0, 0.05) is 6.54 Å². The maximum Gasteiger partial charge on any atom is 0.185 e. The van der Waals surface area contributed by atoms with Gasteiger partial charge in [-0.3, -0.25) is 9.98 Å². The Labute approximate surface area is 90.8 Å². The number of hydrogen-bond donors (Lipinski definition) is 4. The topological polar surface area (TPSA) is 129 Å². The normalized spacial score (nSPS) is 13.6. The van der Waals surface area contributed by atoms with E-state index in [4.69, 9.17) is 22.9 Å². The molecular formula is C9H22N6. The van der Waals surface area contributed by atoms with Crippen molar-refractivity contribution in [1.29, 1.82) is 0 Å². The number of unbranched alkanes of at least 4 members (excludes halogenated alkanes) is 2. The molecule has 15 heavy (non-hydrogen) atoms. The Morgan fingerprint density at radius 1 is 1.13 bits per heavy atom. The number of rotatable bonds is 7. The van der Waals surface area contributed by atoms with Gasteiger partial charge < -0.3 is 22.9 Å². The Morgan fingerprint density at radius 2 is 1.80 bits per heavy atom. The highest BCUT2D eigenvalue weighted by molar-refractivity contribution is 5.77. The summed E-state index contributed by atoms with van der Waals surface area (Å²) in [5.41, 5.74) is 21.5. The zero-order chi connectivity index (χ0) is 11.7. The van der Waals surface area contributed by atoms with Crippen molar-refractivity contribution in [2.75, 3.05) is 6.54 Å².